The third-order valence-corrected chi connectivity index (χ3v) is 6.48. The van der Waals surface area contributed by atoms with Crippen LogP contribution in [0, 0.1) is 11.3 Å². The van der Waals surface area contributed by atoms with E-state index in [1.807, 2.05) is 0 Å². The van der Waals surface area contributed by atoms with Crippen LogP contribution in [0.2, 0.25) is 0 Å². The maximum absolute atomic E-state index is 13.1. The molecule has 0 aliphatic carbocycles. The summed E-state index contributed by atoms with van der Waals surface area (Å²) in [6.45, 7) is 0.534. The molecule has 2 aromatic carbocycles. The van der Waals surface area contributed by atoms with Gasteiger partial charge in [-0.15, -0.1) is 0 Å². The van der Waals surface area contributed by atoms with E-state index >= 15 is 0 Å². The van der Waals surface area contributed by atoms with Gasteiger partial charge in [-0.05, 0) is 43.3 Å². The second-order valence-corrected chi connectivity index (χ2v) is 9.59. The molecule has 0 aliphatic rings. The molecular formula is C20H13F9N2O4S. The first-order chi connectivity index (χ1) is 16.1. The van der Waals surface area contributed by atoms with E-state index in [1.54, 1.807) is 5.32 Å². The number of nitriles is 1. The summed E-state index contributed by atoms with van der Waals surface area (Å²) in [7, 11) is -5.20. The van der Waals surface area contributed by atoms with Crippen LogP contribution >= 0.6 is 0 Å². The van der Waals surface area contributed by atoms with E-state index in [0.717, 1.165) is 6.07 Å². The Hall–Kier alpha value is -3.32. The Balaban J connectivity index is 2.42. The van der Waals surface area contributed by atoms with Crippen molar-refractivity contribution < 1.29 is 57.8 Å². The van der Waals surface area contributed by atoms with Crippen LogP contribution < -0.4 is 5.32 Å². The van der Waals surface area contributed by atoms with Crippen LogP contribution in [0.15, 0.2) is 41.3 Å². The van der Waals surface area contributed by atoms with E-state index in [9.17, 15) is 57.8 Å². The SMILES string of the molecule is CC(O)(CS(=O)(=O)c1cc(C(F)(F)F)cc(C(F)(F)F)c1)C(=O)Nc1ccc(C#N)c(C(F)(F)F)c1. The number of halogens is 9. The standard InChI is InChI=1S/C20H13F9N2O4S/c1-17(33,16(32)31-13-3-2-10(8-30)15(7-13)20(27,28)29)9-36(34,35)14-5-11(18(21,22)23)4-12(6-14)19(24,25)26/h2-7,33H,9H2,1H3,(H,31,32). The molecule has 0 aliphatic heterocycles. The summed E-state index contributed by atoms with van der Waals surface area (Å²) in [5.41, 5.74) is -9.88. The van der Waals surface area contributed by atoms with Crippen LogP contribution in [-0.4, -0.2) is 30.8 Å². The van der Waals surface area contributed by atoms with Gasteiger partial charge in [-0.3, -0.25) is 4.79 Å². The number of amides is 1. The number of carbonyl (C=O) groups excluding carboxylic acids is 1. The lowest BCUT2D eigenvalue weighted by Crippen LogP contribution is -2.45. The molecule has 16 heteroatoms. The molecule has 36 heavy (non-hydrogen) atoms. The Labute approximate surface area is 196 Å². The van der Waals surface area contributed by atoms with E-state index in [2.05, 4.69) is 0 Å². The van der Waals surface area contributed by atoms with Gasteiger partial charge in [-0.2, -0.15) is 44.8 Å². The first-order valence-electron chi connectivity index (χ1n) is 9.25. The number of alkyl halides is 9. The fraction of sp³-hybridized carbons (Fsp3) is 0.300. The number of anilines is 1. The lowest BCUT2D eigenvalue weighted by atomic mass is 10.1. The van der Waals surface area contributed by atoms with Gasteiger partial charge in [0.1, 0.15) is 0 Å². The highest BCUT2D eigenvalue weighted by Crippen LogP contribution is 2.38. The average molecular weight is 548 g/mol. The maximum Gasteiger partial charge on any atom is 0.417 e. The number of hydrogen-bond donors (Lipinski definition) is 2. The zero-order valence-corrected chi connectivity index (χ0v) is 18.4. The Kier molecular flexibility index (Phi) is 7.45. The summed E-state index contributed by atoms with van der Waals surface area (Å²) in [5, 5.41) is 20.9. The fourth-order valence-electron chi connectivity index (χ4n) is 2.84. The molecule has 0 saturated carbocycles. The third kappa shape index (κ3) is 6.66. The van der Waals surface area contributed by atoms with E-state index < -0.39 is 78.5 Å². The number of hydrogen-bond acceptors (Lipinski definition) is 5. The minimum absolute atomic E-state index is 0.116. The molecule has 1 amide bonds. The van der Waals surface area contributed by atoms with Crippen molar-refractivity contribution in [2.45, 2.75) is 35.9 Å². The minimum Gasteiger partial charge on any atom is -0.379 e. The molecule has 0 heterocycles. The van der Waals surface area contributed by atoms with E-state index in [1.165, 1.54) is 6.07 Å². The number of aliphatic hydroxyl groups is 1. The number of carbonyl (C=O) groups is 1. The summed E-state index contributed by atoms with van der Waals surface area (Å²) in [4.78, 5) is 10.9. The van der Waals surface area contributed by atoms with Gasteiger partial charge in [-0.1, -0.05) is 0 Å². The topological polar surface area (TPSA) is 107 Å². The van der Waals surface area contributed by atoms with Crippen LogP contribution in [0.4, 0.5) is 45.2 Å². The van der Waals surface area contributed by atoms with Gasteiger partial charge >= 0.3 is 18.5 Å². The zero-order valence-electron chi connectivity index (χ0n) is 17.6. The van der Waals surface area contributed by atoms with Crippen LogP contribution in [0.1, 0.15) is 29.2 Å². The fourth-order valence-corrected chi connectivity index (χ4v) is 4.50. The van der Waals surface area contributed by atoms with Crippen molar-refractivity contribution in [2.24, 2.45) is 0 Å². The predicted octanol–water partition coefficient (Wildman–Crippen LogP) is 4.78. The van der Waals surface area contributed by atoms with Gasteiger partial charge in [0.05, 0.1) is 39.0 Å². The number of benzene rings is 2. The molecular weight excluding hydrogens is 535 g/mol. The van der Waals surface area contributed by atoms with Crippen LogP contribution in [-0.2, 0) is 33.2 Å². The Morgan fingerprint density at radius 1 is 0.917 bits per heavy atom. The highest BCUT2D eigenvalue weighted by atomic mass is 32.2. The molecule has 1 atom stereocenters. The average Bonchev–Trinajstić information content (AvgIpc) is 2.70. The Morgan fingerprint density at radius 3 is 1.83 bits per heavy atom. The molecule has 0 spiro atoms. The molecule has 0 bridgehead atoms. The molecule has 0 radical (unpaired) electrons. The molecule has 6 nitrogen and oxygen atoms in total. The second-order valence-electron chi connectivity index (χ2n) is 7.60. The molecule has 1 unspecified atom stereocenters. The van der Waals surface area contributed by atoms with Crippen molar-refractivity contribution in [1.82, 2.24) is 0 Å². The highest BCUT2D eigenvalue weighted by molar-refractivity contribution is 7.91. The van der Waals surface area contributed by atoms with Crippen molar-refractivity contribution in [1.29, 1.82) is 5.26 Å². The third-order valence-electron chi connectivity index (χ3n) is 4.58. The molecule has 2 aromatic rings. The van der Waals surface area contributed by atoms with Crippen LogP contribution in [0.5, 0.6) is 0 Å². The minimum atomic E-state index is -5.38. The summed E-state index contributed by atoms with van der Waals surface area (Å²) in [6.07, 6.45) is -15.8. The summed E-state index contributed by atoms with van der Waals surface area (Å²) >= 11 is 0. The van der Waals surface area contributed by atoms with Gasteiger partial charge in [-0.25, -0.2) is 8.42 Å². The van der Waals surface area contributed by atoms with Gasteiger partial charge in [0, 0.05) is 5.69 Å². The number of nitrogens with zero attached hydrogens (tertiary/aromatic N) is 1. The molecule has 0 aromatic heterocycles. The van der Waals surface area contributed by atoms with E-state index in [4.69, 9.17) is 5.26 Å². The monoisotopic (exact) mass is 548 g/mol. The first kappa shape index (κ1) is 28.9. The Morgan fingerprint density at radius 2 is 1.42 bits per heavy atom. The predicted molar refractivity (Wildman–Crippen MR) is 104 cm³/mol. The summed E-state index contributed by atoms with van der Waals surface area (Å²) in [5.74, 6) is -3.38. The van der Waals surface area contributed by atoms with Crippen molar-refractivity contribution in [3.05, 3.63) is 58.7 Å². The Bertz CT molecular complexity index is 1290. The molecule has 2 rings (SSSR count). The van der Waals surface area contributed by atoms with Crippen molar-refractivity contribution in [3.8, 4) is 6.07 Å². The number of nitrogens with one attached hydrogen (secondary N) is 1. The smallest absolute Gasteiger partial charge is 0.379 e. The number of rotatable bonds is 5. The first-order valence-corrected chi connectivity index (χ1v) is 10.9. The van der Waals surface area contributed by atoms with Crippen LogP contribution in [0.25, 0.3) is 0 Å². The van der Waals surface area contributed by atoms with Crippen molar-refractivity contribution in [3.63, 3.8) is 0 Å². The van der Waals surface area contributed by atoms with Crippen LogP contribution in [0.3, 0.4) is 0 Å². The highest BCUT2D eigenvalue weighted by Gasteiger charge is 2.41. The number of sulfone groups is 1. The van der Waals surface area contributed by atoms with Gasteiger partial charge < -0.3 is 10.4 Å². The van der Waals surface area contributed by atoms with Crippen molar-refractivity contribution >= 4 is 21.4 Å². The molecule has 0 fully saturated rings. The molecule has 0 saturated heterocycles. The van der Waals surface area contributed by atoms with Gasteiger partial charge in [0.25, 0.3) is 5.91 Å². The zero-order chi connectivity index (χ0) is 27.9. The maximum atomic E-state index is 13.1. The normalized spacial score (nSPS) is 14.6. The summed E-state index contributed by atoms with van der Waals surface area (Å²) < 4.78 is 143. The lowest BCUT2D eigenvalue weighted by molar-refractivity contribution is -0.143. The van der Waals surface area contributed by atoms with E-state index in [-0.39, 0.29) is 18.2 Å². The summed E-state index contributed by atoms with van der Waals surface area (Å²) in [6, 6.07) is 2.51. The van der Waals surface area contributed by atoms with Gasteiger partial charge in [0.15, 0.2) is 15.4 Å². The molecule has 2 N–H and O–H groups in total. The lowest BCUT2D eigenvalue weighted by Gasteiger charge is -2.23. The van der Waals surface area contributed by atoms with E-state index in [0.29, 0.717) is 19.1 Å². The van der Waals surface area contributed by atoms with Gasteiger partial charge in [0.2, 0.25) is 0 Å². The quantitative estimate of drug-likeness (QED) is 0.524. The second kappa shape index (κ2) is 9.28. The largest absolute Gasteiger partial charge is 0.417 e. The van der Waals surface area contributed by atoms with Crippen molar-refractivity contribution in [2.75, 3.05) is 11.1 Å². The molecule has 196 valence electrons.